The topological polar surface area (TPSA) is 103 Å². The fourth-order valence-corrected chi connectivity index (χ4v) is 1.20. The Morgan fingerprint density at radius 3 is 2.81 bits per heavy atom. The first-order valence-electron chi connectivity index (χ1n) is 4.63. The minimum Gasteiger partial charge on any atom is -0.482 e. The largest absolute Gasteiger partial charge is 0.482 e. The summed E-state index contributed by atoms with van der Waals surface area (Å²) >= 11 is 0. The molecule has 0 saturated heterocycles. The highest BCUT2D eigenvalue weighted by molar-refractivity contribution is 5.90. The molecular weight excluding hydrogens is 216 g/mol. The van der Waals surface area contributed by atoms with Crippen LogP contribution in [0, 0.1) is 10.1 Å². The third kappa shape index (κ3) is 1.92. The first kappa shape index (κ1) is 10.3. The van der Waals surface area contributed by atoms with Crippen molar-refractivity contribution in [1.82, 2.24) is 4.98 Å². The summed E-state index contributed by atoms with van der Waals surface area (Å²) < 4.78 is 5.23. The lowest BCUT2D eigenvalue weighted by atomic mass is 10.3. The Balaban J connectivity index is 2.47. The van der Waals surface area contributed by atoms with Gasteiger partial charge in [-0.3, -0.25) is 10.1 Å². The number of hydrogen-bond donors (Lipinski definition) is 1. The van der Waals surface area contributed by atoms with Crippen molar-refractivity contribution in [3.8, 4) is 5.75 Å². The number of aromatic nitrogens is 1. The van der Waals surface area contributed by atoms with Crippen LogP contribution in [-0.2, 0) is 0 Å². The van der Waals surface area contributed by atoms with E-state index < -0.39 is 16.6 Å². The Hall–Kier alpha value is -2.18. The molecule has 1 aromatic rings. The Morgan fingerprint density at radius 1 is 1.62 bits per heavy atom. The predicted octanol–water partition coefficient (Wildman–Crippen LogP) is 1.23. The lowest BCUT2D eigenvalue weighted by Crippen LogP contribution is -2.09. The van der Waals surface area contributed by atoms with Crippen molar-refractivity contribution in [1.29, 1.82) is 0 Å². The zero-order chi connectivity index (χ0) is 11.7. The van der Waals surface area contributed by atoms with E-state index in [-0.39, 0.29) is 17.5 Å². The van der Waals surface area contributed by atoms with Crippen molar-refractivity contribution < 1.29 is 19.6 Å². The lowest BCUT2D eigenvalue weighted by Gasteiger charge is -2.06. The van der Waals surface area contributed by atoms with Gasteiger partial charge in [0.05, 0.1) is 11.0 Å². The number of carbonyl (C=O) groups is 1. The lowest BCUT2D eigenvalue weighted by molar-refractivity contribution is -0.386. The number of nitrogens with zero attached hydrogens (tertiary/aromatic N) is 2. The summed E-state index contributed by atoms with van der Waals surface area (Å²) in [6.45, 7) is 0. The summed E-state index contributed by atoms with van der Waals surface area (Å²) in [6, 6.07) is 1.13. The number of carboxylic acid groups (broad SMARTS) is 1. The van der Waals surface area contributed by atoms with E-state index in [4.69, 9.17) is 9.84 Å². The summed E-state index contributed by atoms with van der Waals surface area (Å²) in [4.78, 5) is 24.4. The molecule has 1 fully saturated rings. The zero-order valence-corrected chi connectivity index (χ0v) is 8.12. The molecule has 16 heavy (non-hydrogen) atoms. The SMILES string of the molecule is O=C(O)c1nccc([N+](=O)[O-])c1OC1CC1. The third-order valence-electron chi connectivity index (χ3n) is 2.09. The molecule has 7 nitrogen and oxygen atoms in total. The number of aromatic carboxylic acids is 1. The van der Waals surface area contributed by atoms with Crippen LogP contribution in [0.15, 0.2) is 12.3 Å². The van der Waals surface area contributed by atoms with Crippen LogP contribution >= 0.6 is 0 Å². The average Bonchev–Trinajstić information content (AvgIpc) is 3.01. The minimum absolute atomic E-state index is 0.124. The predicted molar refractivity (Wildman–Crippen MR) is 51.5 cm³/mol. The Kier molecular flexibility index (Phi) is 2.43. The molecule has 7 heteroatoms. The molecule has 0 radical (unpaired) electrons. The van der Waals surface area contributed by atoms with Gasteiger partial charge in [-0.2, -0.15) is 0 Å². The van der Waals surface area contributed by atoms with Crippen LogP contribution in [0.5, 0.6) is 5.75 Å². The van der Waals surface area contributed by atoms with Crippen LogP contribution in [0.4, 0.5) is 5.69 Å². The molecule has 2 rings (SSSR count). The van der Waals surface area contributed by atoms with Crippen LogP contribution in [-0.4, -0.2) is 27.1 Å². The fraction of sp³-hybridized carbons (Fsp3) is 0.333. The number of ether oxygens (including phenoxy) is 1. The first-order chi connectivity index (χ1) is 7.59. The average molecular weight is 224 g/mol. The smallest absolute Gasteiger partial charge is 0.358 e. The van der Waals surface area contributed by atoms with Gasteiger partial charge in [-0.05, 0) is 12.8 Å². The van der Waals surface area contributed by atoms with Gasteiger partial charge in [0, 0.05) is 12.3 Å². The van der Waals surface area contributed by atoms with Crippen LogP contribution in [0.1, 0.15) is 23.3 Å². The van der Waals surface area contributed by atoms with Crippen molar-refractivity contribution in [3.63, 3.8) is 0 Å². The van der Waals surface area contributed by atoms with Crippen LogP contribution in [0.3, 0.4) is 0 Å². The van der Waals surface area contributed by atoms with Gasteiger partial charge in [0.15, 0.2) is 5.69 Å². The second kappa shape index (κ2) is 3.76. The van der Waals surface area contributed by atoms with Gasteiger partial charge in [0.1, 0.15) is 0 Å². The molecule has 0 aliphatic heterocycles. The van der Waals surface area contributed by atoms with E-state index in [0.717, 1.165) is 25.1 Å². The maximum Gasteiger partial charge on any atom is 0.358 e. The number of carboxylic acids is 1. The summed E-state index contributed by atoms with van der Waals surface area (Å²) in [5, 5.41) is 19.5. The molecule has 1 aliphatic carbocycles. The summed E-state index contributed by atoms with van der Waals surface area (Å²) in [6.07, 6.45) is 2.53. The van der Waals surface area contributed by atoms with E-state index in [2.05, 4.69) is 4.98 Å². The van der Waals surface area contributed by atoms with Gasteiger partial charge in [0.2, 0.25) is 5.75 Å². The minimum atomic E-state index is -1.33. The number of hydrogen-bond acceptors (Lipinski definition) is 5. The van der Waals surface area contributed by atoms with Crippen molar-refractivity contribution in [3.05, 3.63) is 28.1 Å². The van der Waals surface area contributed by atoms with Gasteiger partial charge in [-0.15, -0.1) is 0 Å². The Labute approximate surface area is 89.8 Å². The van der Waals surface area contributed by atoms with Crippen LogP contribution in [0.25, 0.3) is 0 Å². The van der Waals surface area contributed by atoms with E-state index in [1.807, 2.05) is 0 Å². The second-order valence-electron chi connectivity index (χ2n) is 3.39. The highest BCUT2D eigenvalue weighted by atomic mass is 16.6. The molecular formula is C9H8N2O5. The van der Waals surface area contributed by atoms with Crippen molar-refractivity contribution in [2.45, 2.75) is 18.9 Å². The van der Waals surface area contributed by atoms with E-state index >= 15 is 0 Å². The molecule has 1 aromatic heterocycles. The van der Waals surface area contributed by atoms with Crippen molar-refractivity contribution in [2.24, 2.45) is 0 Å². The maximum absolute atomic E-state index is 10.8. The molecule has 0 spiro atoms. The molecule has 0 unspecified atom stereocenters. The monoisotopic (exact) mass is 224 g/mol. The van der Waals surface area contributed by atoms with E-state index in [9.17, 15) is 14.9 Å². The quantitative estimate of drug-likeness (QED) is 0.609. The number of pyridine rings is 1. The molecule has 0 bridgehead atoms. The van der Waals surface area contributed by atoms with Gasteiger partial charge < -0.3 is 9.84 Å². The molecule has 1 heterocycles. The molecule has 1 aliphatic rings. The highest BCUT2D eigenvalue weighted by Gasteiger charge is 2.31. The molecule has 0 atom stereocenters. The van der Waals surface area contributed by atoms with Gasteiger partial charge in [-0.1, -0.05) is 0 Å². The molecule has 1 saturated carbocycles. The summed E-state index contributed by atoms with van der Waals surface area (Å²) in [5.74, 6) is -1.58. The van der Waals surface area contributed by atoms with E-state index in [1.165, 1.54) is 0 Å². The van der Waals surface area contributed by atoms with E-state index in [1.54, 1.807) is 0 Å². The Bertz CT molecular complexity index is 423. The highest BCUT2D eigenvalue weighted by Crippen LogP contribution is 2.35. The molecule has 84 valence electrons. The summed E-state index contributed by atoms with van der Waals surface area (Å²) in [7, 11) is 0. The van der Waals surface area contributed by atoms with Crippen molar-refractivity contribution >= 4 is 11.7 Å². The van der Waals surface area contributed by atoms with Gasteiger partial charge in [-0.25, -0.2) is 9.78 Å². The molecule has 1 N–H and O–H groups in total. The fourth-order valence-electron chi connectivity index (χ4n) is 1.20. The van der Waals surface area contributed by atoms with Crippen molar-refractivity contribution in [2.75, 3.05) is 0 Å². The van der Waals surface area contributed by atoms with E-state index in [0.29, 0.717) is 0 Å². The number of nitro groups is 1. The van der Waals surface area contributed by atoms with Crippen LogP contribution in [0.2, 0.25) is 0 Å². The molecule has 0 aromatic carbocycles. The first-order valence-corrected chi connectivity index (χ1v) is 4.63. The second-order valence-corrected chi connectivity index (χ2v) is 3.39. The Morgan fingerprint density at radius 2 is 2.31 bits per heavy atom. The maximum atomic E-state index is 10.8. The summed E-state index contributed by atoms with van der Waals surface area (Å²) in [5.41, 5.74) is -0.777. The van der Waals surface area contributed by atoms with Gasteiger partial charge >= 0.3 is 11.7 Å². The van der Waals surface area contributed by atoms with Crippen LogP contribution < -0.4 is 4.74 Å². The van der Waals surface area contributed by atoms with Gasteiger partial charge in [0.25, 0.3) is 0 Å². The third-order valence-corrected chi connectivity index (χ3v) is 2.09. The zero-order valence-electron chi connectivity index (χ0n) is 8.12. The molecule has 0 amide bonds. The normalized spacial score (nSPS) is 14.5. The number of rotatable bonds is 4. The standard InChI is InChI=1S/C9H8N2O5/c12-9(13)7-8(16-5-1-2-5)6(11(14)15)3-4-10-7/h3-5H,1-2H2,(H,12,13).